The topological polar surface area (TPSA) is 25.2 Å². The maximum atomic E-state index is 11.2. The van der Waals surface area contributed by atoms with Gasteiger partial charge in [0.15, 0.2) is 0 Å². The molecule has 0 fully saturated rings. The van der Waals surface area contributed by atoms with Gasteiger partial charge in [-0.05, 0) is 72.8 Å². The predicted octanol–water partition coefficient (Wildman–Crippen LogP) is 8.07. The van der Waals surface area contributed by atoms with Gasteiger partial charge in [-0.3, -0.25) is 4.79 Å². The monoisotopic (exact) mass is 438 g/mol. The van der Waals surface area contributed by atoms with Gasteiger partial charge in [-0.2, -0.15) is 0 Å². The van der Waals surface area contributed by atoms with E-state index in [1.54, 1.807) is 0 Å². The van der Waals surface area contributed by atoms with Gasteiger partial charge < -0.3 is 9.47 Å². The number of aromatic nitrogens is 1. The fourth-order valence-corrected chi connectivity index (χ4v) is 4.68. The van der Waals surface area contributed by atoms with E-state index in [-0.39, 0.29) is 0 Å². The Hall–Kier alpha value is -4.63. The van der Waals surface area contributed by atoms with Crippen LogP contribution in [0.4, 0.5) is 17.1 Å². The lowest BCUT2D eigenvalue weighted by atomic mass is 10.1. The van der Waals surface area contributed by atoms with Crippen LogP contribution in [0, 0.1) is 0 Å². The van der Waals surface area contributed by atoms with E-state index in [2.05, 4.69) is 88.3 Å². The maximum Gasteiger partial charge on any atom is 0.150 e. The second kappa shape index (κ2) is 8.38. The molecule has 0 N–H and O–H groups in total. The van der Waals surface area contributed by atoms with Crippen LogP contribution in [0.3, 0.4) is 0 Å². The largest absolute Gasteiger partial charge is 0.310 e. The van der Waals surface area contributed by atoms with Gasteiger partial charge in [0.2, 0.25) is 0 Å². The number of fused-ring (bicyclic) bond motifs is 3. The SMILES string of the molecule is O=Cc1ccc(N(c2ccccc2)c2ccc3c(c2)c2ccccc2n3-c2ccccc2)cc1. The van der Waals surface area contributed by atoms with Crippen molar-refractivity contribution in [2.24, 2.45) is 0 Å². The van der Waals surface area contributed by atoms with Crippen LogP contribution in [-0.2, 0) is 0 Å². The minimum absolute atomic E-state index is 0.665. The Morgan fingerprint density at radius 2 is 1.12 bits per heavy atom. The maximum absolute atomic E-state index is 11.2. The third kappa shape index (κ3) is 3.35. The number of benzene rings is 5. The summed E-state index contributed by atoms with van der Waals surface area (Å²) in [7, 11) is 0. The van der Waals surface area contributed by atoms with Crippen molar-refractivity contribution in [3.63, 3.8) is 0 Å². The van der Waals surface area contributed by atoms with E-state index in [0.29, 0.717) is 5.56 Å². The minimum Gasteiger partial charge on any atom is -0.310 e. The third-order valence-corrected chi connectivity index (χ3v) is 6.23. The third-order valence-electron chi connectivity index (χ3n) is 6.23. The fourth-order valence-electron chi connectivity index (χ4n) is 4.68. The molecule has 6 rings (SSSR count). The molecule has 0 bridgehead atoms. The molecule has 3 nitrogen and oxygen atoms in total. The van der Waals surface area contributed by atoms with Crippen LogP contribution in [0.5, 0.6) is 0 Å². The number of anilines is 3. The standard InChI is InChI=1S/C31H22N2O/c34-22-23-15-17-26(18-16-23)32(24-9-3-1-4-10-24)27-19-20-31-29(21-27)28-13-7-8-14-30(28)33(31)25-11-5-2-6-12-25/h1-22H. The molecule has 0 saturated carbocycles. The minimum atomic E-state index is 0.665. The van der Waals surface area contributed by atoms with E-state index >= 15 is 0 Å². The Labute approximate surface area is 198 Å². The molecule has 3 heteroatoms. The molecule has 0 aliphatic heterocycles. The first-order valence-corrected chi connectivity index (χ1v) is 11.3. The molecule has 0 atom stereocenters. The van der Waals surface area contributed by atoms with Gasteiger partial charge in [0.25, 0.3) is 0 Å². The molecule has 0 spiro atoms. The van der Waals surface area contributed by atoms with Crippen LogP contribution >= 0.6 is 0 Å². The first-order chi connectivity index (χ1) is 16.8. The van der Waals surface area contributed by atoms with Gasteiger partial charge >= 0.3 is 0 Å². The van der Waals surface area contributed by atoms with Crippen molar-refractivity contribution in [2.75, 3.05) is 4.90 Å². The highest BCUT2D eigenvalue weighted by Gasteiger charge is 2.16. The van der Waals surface area contributed by atoms with Crippen molar-refractivity contribution < 1.29 is 4.79 Å². The second-order valence-corrected chi connectivity index (χ2v) is 8.27. The number of aldehydes is 1. The molecule has 0 aliphatic rings. The lowest BCUT2D eigenvalue weighted by Crippen LogP contribution is -2.09. The summed E-state index contributed by atoms with van der Waals surface area (Å²) >= 11 is 0. The van der Waals surface area contributed by atoms with Crippen LogP contribution in [0.2, 0.25) is 0 Å². The predicted molar refractivity (Wildman–Crippen MR) is 141 cm³/mol. The zero-order valence-electron chi connectivity index (χ0n) is 18.5. The van der Waals surface area contributed by atoms with Gasteiger partial charge in [-0.25, -0.2) is 0 Å². The molecule has 162 valence electrons. The Kier molecular flexibility index (Phi) is 4.93. The average molecular weight is 439 g/mol. The summed E-state index contributed by atoms with van der Waals surface area (Å²) in [4.78, 5) is 13.4. The van der Waals surface area contributed by atoms with Gasteiger partial charge in [0, 0.05) is 39.1 Å². The number of para-hydroxylation sites is 3. The molecular formula is C31H22N2O. The Morgan fingerprint density at radius 3 is 1.85 bits per heavy atom. The van der Waals surface area contributed by atoms with Crippen LogP contribution in [0.15, 0.2) is 127 Å². The first kappa shape index (κ1) is 20.0. The van der Waals surface area contributed by atoms with Crippen molar-refractivity contribution in [1.29, 1.82) is 0 Å². The van der Waals surface area contributed by atoms with Crippen molar-refractivity contribution >= 4 is 45.2 Å². The summed E-state index contributed by atoms with van der Waals surface area (Å²) in [6.45, 7) is 0. The number of carbonyl (C=O) groups excluding carboxylic acids is 1. The van der Waals surface area contributed by atoms with Crippen molar-refractivity contribution in [2.45, 2.75) is 0 Å². The smallest absolute Gasteiger partial charge is 0.150 e. The molecule has 0 radical (unpaired) electrons. The lowest BCUT2D eigenvalue weighted by Gasteiger charge is -2.25. The summed E-state index contributed by atoms with van der Waals surface area (Å²) < 4.78 is 2.32. The summed E-state index contributed by atoms with van der Waals surface area (Å²) in [5, 5.41) is 2.41. The van der Waals surface area contributed by atoms with Gasteiger partial charge in [-0.1, -0.05) is 54.6 Å². The number of hydrogen-bond acceptors (Lipinski definition) is 2. The molecule has 1 heterocycles. The summed E-state index contributed by atoms with van der Waals surface area (Å²) in [6, 6.07) is 43.7. The Bertz CT molecular complexity index is 1600. The van der Waals surface area contributed by atoms with Crippen LogP contribution in [-0.4, -0.2) is 10.9 Å². The molecule has 6 aromatic rings. The van der Waals surface area contributed by atoms with E-state index in [9.17, 15) is 4.79 Å². The van der Waals surface area contributed by atoms with Crippen LogP contribution in [0.1, 0.15) is 10.4 Å². The molecular weight excluding hydrogens is 416 g/mol. The summed E-state index contributed by atoms with van der Waals surface area (Å²) in [5.41, 5.74) is 7.29. The molecule has 0 amide bonds. The molecule has 0 aliphatic carbocycles. The summed E-state index contributed by atoms with van der Waals surface area (Å²) in [6.07, 6.45) is 0.876. The Balaban J connectivity index is 1.60. The van der Waals surface area contributed by atoms with E-state index in [4.69, 9.17) is 0 Å². The van der Waals surface area contributed by atoms with E-state index in [1.165, 1.54) is 21.8 Å². The van der Waals surface area contributed by atoms with E-state index < -0.39 is 0 Å². The Morgan fingerprint density at radius 1 is 0.529 bits per heavy atom. The number of hydrogen-bond donors (Lipinski definition) is 0. The highest BCUT2D eigenvalue weighted by atomic mass is 16.1. The van der Waals surface area contributed by atoms with Crippen molar-refractivity contribution in [3.05, 3.63) is 133 Å². The van der Waals surface area contributed by atoms with E-state index in [1.807, 2.05) is 48.5 Å². The molecule has 34 heavy (non-hydrogen) atoms. The average Bonchev–Trinajstić information content (AvgIpc) is 3.24. The van der Waals surface area contributed by atoms with Crippen molar-refractivity contribution in [3.8, 4) is 5.69 Å². The number of rotatable bonds is 5. The lowest BCUT2D eigenvalue weighted by molar-refractivity contribution is 0.112. The second-order valence-electron chi connectivity index (χ2n) is 8.27. The van der Waals surface area contributed by atoms with Gasteiger partial charge in [0.05, 0.1) is 11.0 Å². The normalized spacial score (nSPS) is 11.1. The quantitative estimate of drug-likeness (QED) is 0.254. The molecule has 5 aromatic carbocycles. The van der Waals surface area contributed by atoms with E-state index in [0.717, 1.165) is 29.0 Å². The molecule has 1 aromatic heterocycles. The fraction of sp³-hybridized carbons (Fsp3) is 0. The van der Waals surface area contributed by atoms with Gasteiger partial charge in [-0.15, -0.1) is 0 Å². The first-order valence-electron chi connectivity index (χ1n) is 11.3. The van der Waals surface area contributed by atoms with Crippen molar-refractivity contribution in [1.82, 2.24) is 4.57 Å². The summed E-state index contributed by atoms with van der Waals surface area (Å²) in [5.74, 6) is 0. The molecule has 0 unspecified atom stereocenters. The highest BCUT2D eigenvalue weighted by molar-refractivity contribution is 6.10. The van der Waals surface area contributed by atoms with Crippen LogP contribution in [0.25, 0.3) is 27.5 Å². The zero-order valence-corrected chi connectivity index (χ0v) is 18.5. The molecule has 0 saturated heterocycles. The van der Waals surface area contributed by atoms with Gasteiger partial charge in [0.1, 0.15) is 6.29 Å². The number of carbonyl (C=O) groups is 1. The van der Waals surface area contributed by atoms with Crippen LogP contribution < -0.4 is 4.90 Å². The number of nitrogens with zero attached hydrogens (tertiary/aromatic N) is 2. The zero-order chi connectivity index (χ0) is 22.9. The highest BCUT2D eigenvalue weighted by Crippen LogP contribution is 2.39.